The maximum absolute atomic E-state index is 5.68. The van der Waals surface area contributed by atoms with E-state index in [2.05, 4.69) is 30.1 Å². The van der Waals surface area contributed by atoms with E-state index in [9.17, 15) is 0 Å². The van der Waals surface area contributed by atoms with Crippen molar-refractivity contribution in [1.29, 1.82) is 0 Å². The lowest BCUT2D eigenvalue weighted by molar-refractivity contribution is 0.242. The predicted molar refractivity (Wildman–Crippen MR) is 81.4 cm³/mol. The number of hydrogen-bond donors (Lipinski definition) is 1. The van der Waals surface area contributed by atoms with Gasteiger partial charge < -0.3 is 9.73 Å². The van der Waals surface area contributed by atoms with Gasteiger partial charge in [-0.1, -0.05) is 13.8 Å². The number of nitrogens with one attached hydrogen (secondary N) is 1. The summed E-state index contributed by atoms with van der Waals surface area (Å²) >= 11 is 0. The highest BCUT2D eigenvalue weighted by Gasteiger charge is 2.33. The molecule has 0 radical (unpaired) electrons. The molecule has 3 nitrogen and oxygen atoms in total. The van der Waals surface area contributed by atoms with Crippen LogP contribution in [0.3, 0.4) is 0 Å². The van der Waals surface area contributed by atoms with Crippen molar-refractivity contribution in [2.24, 2.45) is 11.8 Å². The second kappa shape index (κ2) is 6.31. The van der Waals surface area contributed by atoms with Gasteiger partial charge in [0.2, 0.25) is 0 Å². The summed E-state index contributed by atoms with van der Waals surface area (Å²) in [6, 6.07) is 3.01. The normalized spacial score (nSPS) is 19.2. The third kappa shape index (κ3) is 4.10. The van der Waals surface area contributed by atoms with Gasteiger partial charge in [-0.2, -0.15) is 0 Å². The molecule has 0 unspecified atom stereocenters. The molecule has 2 fully saturated rings. The molecule has 1 heterocycles. The predicted octanol–water partition coefficient (Wildman–Crippen LogP) is 3.40. The topological polar surface area (TPSA) is 28.4 Å². The van der Waals surface area contributed by atoms with E-state index in [4.69, 9.17) is 4.42 Å². The van der Waals surface area contributed by atoms with Crippen LogP contribution in [0.2, 0.25) is 0 Å². The molecule has 1 aromatic heterocycles. The maximum atomic E-state index is 5.68. The van der Waals surface area contributed by atoms with E-state index < -0.39 is 0 Å². The highest BCUT2D eigenvalue weighted by atomic mass is 16.3. The van der Waals surface area contributed by atoms with E-state index in [-0.39, 0.29) is 0 Å². The van der Waals surface area contributed by atoms with Gasteiger partial charge in [0.15, 0.2) is 0 Å². The minimum atomic E-state index is 0.686. The number of hydrogen-bond acceptors (Lipinski definition) is 3. The molecule has 3 rings (SSSR count). The Bertz CT molecular complexity index is 418. The molecular formula is C17H28N2O. The SMILES string of the molecule is CC(C)CNCc1occc1CN(CC1CC1)C1CC1. The molecule has 112 valence electrons. The first-order chi connectivity index (χ1) is 9.72. The highest BCUT2D eigenvalue weighted by molar-refractivity contribution is 5.17. The standard InChI is InChI=1S/C17H28N2O/c1-13(2)9-18-10-17-15(7-8-20-17)12-19(16-5-6-16)11-14-3-4-14/h7-8,13-14,16,18H,3-6,9-12H2,1-2H3. The van der Waals surface area contributed by atoms with Crippen molar-refractivity contribution in [3.8, 4) is 0 Å². The zero-order chi connectivity index (χ0) is 13.9. The average molecular weight is 276 g/mol. The second-order valence-corrected chi connectivity index (χ2v) is 7.00. The zero-order valence-electron chi connectivity index (χ0n) is 12.9. The Morgan fingerprint density at radius 1 is 1.30 bits per heavy atom. The number of nitrogens with zero attached hydrogens (tertiary/aromatic N) is 1. The summed E-state index contributed by atoms with van der Waals surface area (Å²) in [5.41, 5.74) is 1.38. The summed E-state index contributed by atoms with van der Waals surface area (Å²) in [7, 11) is 0. The number of rotatable bonds is 9. The minimum Gasteiger partial charge on any atom is -0.468 e. The number of furan rings is 1. The summed E-state index contributed by atoms with van der Waals surface area (Å²) in [6.07, 6.45) is 7.52. The summed E-state index contributed by atoms with van der Waals surface area (Å²) in [4.78, 5) is 2.69. The van der Waals surface area contributed by atoms with E-state index in [1.807, 2.05) is 6.26 Å². The molecule has 0 bridgehead atoms. The molecule has 0 aromatic carbocycles. The van der Waals surface area contributed by atoms with Crippen molar-refractivity contribution in [2.75, 3.05) is 13.1 Å². The Morgan fingerprint density at radius 2 is 2.10 bits per heavy atom. The van der Waals surface area contributed by atoms with Crippen LogP contribution in [0.25, 0.3) is 0 Å². The first-order valence-corrected chi connectivity index (χ1v) is 8.22. The molecule has 0 amide bonds. The molecule has 1 N–H and O–H groups in total. The third-order valence-electron chi connectivity index (χ3n) is 4.30. The van der Waals surface area contributed by atoms with E-state index in [0.29, 0.717) is 5.92 Å². The lowest BCUT2D eigenvalue weighted by Crippen LogP contribution is -2.28. The molecule has 2 aliphatic rings. The van der Waals surface area contributed by atoms with Gasteiger partial charge in [-0.25, -0.2) is 0 Å². The van der Waals surface area contributed by atoms with E-state index in [1.54, 1.807) is 0 Å². The zero-order valence-corrected chi connectivity index (χ0v) is 12.9. The van der Waals surface area contributed by atoms with Gasteiger partial charge in [0.1, 0.15) is 5.76 Å². The smallest absolute Gasteiger partial charge is 0.122 e. The van der Waals surface area contributed by atoms with Crippen LogP contribution in [0.15, 0.2) is 16.7 Å². The summed E-state index contributed by atoms with van der Waals surface area (Å²) < 4.78 is 5.68. The van der Waals surface area contributed by atoms with Gasteiger partial charge in [0, 0.05) is 24.7 Å². The lowest BCUT2D eigenvalue weighted by atomic mass is 10.2. The van der Waals surface area contributed by atoms with E-state index in [1.165, 1.54) is 37.8 Å². The molecule has 20 heavy (non-hydrogen) atoms. The Morgan fingerprint density at radius 3 is 2.75 bits per heavy atom. The first-order valence-electron chi connectivity index (χ1n) is 8.22. The monoisotopic (exact) mass is 276 g/mol. The molecule has 2 saturated carbocycles. The van der Waals surface area contributed by atoms with Crippen LogP contribution < -0.4 is 5.32 Å². The molecule has 0 saturated heterocycles. The molecule has 1 aromatic rings. The Balaban J connectivity index is 1.54. The second-order valence-electron chi connectivity index (χ2n) is 7.00. The Kier molecular flexibility index (Phi) is 4.47. The summed E-state index contributed by atoms with van der Waals surface area (Å²) in [5.74, 6) is 2.79. The van der Waals surface area contributed by atoms with Crippen LogP contribution in [0.5, 0.6) is 0 Å². The third-order valence-corrected chi connectivity index (χ3v) is 4.30. The fourth-order valence-electron chi connectivity index (χ4n) is 2.77. The van der Waals surface area contributed by atoms with E-state index >= 15 is 0 Å². The van der Waals surface area contributed by atoms with Gasteiger partial charge >= 0.3 is 0 Å². The van der Waals surface area contributed by atoms with Gasteiger partial charge in [-0.05, 0) is 50.1 Å². The van der Waals surface area contributed by atoms with Crippen LogP contribution in [0.4, 0.5) is 0 Å². The van der Waals surface area contributed by atoms with Crippen molar-refractivity contribution < 1.29 is 4.42 Å². The van der Waals surface area contributed by atoms with Crippen molar-refractivity contribution in [3.05, 3.63) is 23.7 Å². The molecule has 2 aliphatic carbocycles. The first kappa shape index (κ1) is 14.2. The highest BCUT2D eigenvalue weighted by Crippen LogP contribution is 2.35. The van der Waals surface area contributed by atoms with Crippen LogP contribution in [-0.2, 0) is 13.1 Å². The summed E-state index contributed by atoms with van der Waals surface area (Å²) in [6.45, 7) is 8.77. The fourth-order valence-corrected chi connectivity index (χ4v) is 2.77. The van der Waals surface area contributed by atoms with Crippen molar-refractivity contribution >= 4 is 0 Å². The van der Waals surface area contributed by atoms with E-state index in [0.717, 1.165) is 37.4 Å². The molecule has 3 heteroatoms. The van der Waals surface area contributed by atoms with Crippen LogP contribution >= 0.6 is 0 Å². The van der Waals surface area contributed by atoms with Crippen molar-refractivity contribution in [3.63, 3.8) is 0 Å². The van der Waals surface area contributed by atoms with Gasteiger partial charge in [0.05, 0.1) is 12.8 Å². The van der Waals surface area contributed by atoms with Gasteiger partial charge in [-0.3, -0.25) is 4.90 Å². The van der Waals surface area contributed by atoms with Crippen LogP contribution in [-0.4, -0.2) is 24.0 Å². The average Bonchev–Trinajstić information content (AvgIpc) is 3.30. The molecule has 0 aliphatic heterocycles. The van der Waals surface area contributed by atoms with Gasteiger partial charge in [0.25, 0.3) is 0 Å². The van der Waals surface area contributed by atoms with Crippen LogP contribution in [0.1, 0.15) is 50.9 Å². The van der Waals surface area contributed by atoms with Gasteiger partial charge in [-0.15, -0.1) is 0 Å². The minimum absolute atomic E-state index is 0.686. The van der Waals surface area contributed by atoms with Crippen LogP contribution in [0, 0.1) is 11.8 Å². The molecule has 0 atom stereocenters. The van der Waals surface area contributed by atoms with Crippen molar-refractivity contribution in [2.45, 2.75) is 58.7 Å². The summed E-state index contributed by atoms with van der Waals surface area (Å²) in [5, 5.41) is 3.49. The largest absolute Gasteiger partial charge is 0.468 e. The quantitative estimate of drug-likeness (QED) is 0.749. The fraction of sp³-hybridized carbons (Fsp3) is 0.765. The van der Waals surface area contributed by atoms with Crippen molar-refractivity contribution in [1.82, 2.24) is 10.2 Å². The molecule has 0 spiro atoms. The Hall–Kier alpha value is -0.800. The Labute approximate surface area is 122 Å². The lowest BCUT2D eigenvalue weighted by Gasteiger charge is -2.21. The maximum Gasteiger partial charge on any atom is 0.122 e. The molecular weight excluding hydrogens is 248 g/mol.